The summed E-state index contributed by atoms with van der Waals surface area (Å²) in [5, 5.41) is 3.80. The Kier molecular flexibility index (Phi) is 5.87. The zero-order chi connectivity index (χ0) is 18.6. The number of halogens is 1. The lowest BCUT2D eigenvalue weighted by Gasteiger charge is -2.28. The number of carbonyl (C=O) groups excluding carboxylic acids is 1. The molecule has 0 spiro atoms. The first-order valence-corrected chi connectivity index (χ1v) is 9.68. The van der Waals surface area contributed by atoms with Gasteiger partial charge in [0.25, 0.3) is 0 Å². The summed E-state index contributed by atoms with van der Waals surface area (Å²) in [5.41, 5.74) is 1.39. The largest absolute Gasteiger partial charge is 0.493 e. The van der Waals surface area contributed by atoms with Gasteiger partial charge in [0, 0.05) is 10.7 Å². The van der Waals surface area contributed by atoms with E-state index in [9.17, 15) is 4.79 Å². The highest BCUT2D eigenvalue weighted by molar-refractivity contribution is 6.30. The van der Waals surface area contributed by atoms with E-state index in [4.69, 9.17) is 16.3 Å². The maximum absolute atomic E-state index is 13.1. The fraction of sp³-hybridized carbons (Fsp3) is 0.409. The third-order valence-corrected chi connectivity index (χ3v) is 5.24. The van der Waals surface area contributed by atoms with Crippen LogP contribution in [-0.4, -0.2) is 12.5 Å². The lowest BCUT2D eigenvalue weighted by atomic mass is 9.78. The molecule has 0 saturated heterocycles. The second-order valence-corrected chi connectivity index (χ2v) is 7.92. The van der Waals surface area contributed by atoms with Crippen molar-refractivity contribution in [3.8, 4) is 5.75 Å². The van der Waals surface area contributed by atoms with Crippen molar-refractivity contribution < 1.29 is 9.53 Å². The summed E-state index contributed by atoms with van der Waals surface area (Å²) < 4.78 is 5.70. The highest BCUT2D eigenvalue weighted by Crippen LogP contribution is 2.42. The van der Waals surface area contributed by atoms with Gasteiger partial charge in [-0.2, -0.15) is 0 Å². The van der Waals surface area contributed by atoms with E-state index in [1.54, 1.807) is 0 Å². The van der Waals surface area contributed by atoms with Crippen LogP contribution in [0.4, 0.5) is 5.69 Å². The normalized spacial score (nSPS) is 15.8. The molecule has 3 rings (SSSR count). The van der Waals surface area contributed by atoms with E-state index in [0.29, 0.717) is 17.5 Å². The molecule has 1 amide bonds. The van der Waals surface area contributed by atoms with Crippen LogP contribution in [-0.2, 0) is 10.2 Å². The molecule has 1 aliphatic rings. The molecule has 0 unspecified atom stereocenters. The van der Waals surface area contributed by atoms with Crippen LogP contribution in [0.3, 0.4) is 0 Å². The standard InChI is InChI=1S/C22H26ClNO2/c1-16(2)15-26-20-11-9-19(10-12-20)24-21(25)22(13-3-4-14-22)17-5-7-18(23)8-6-17/h5-12,16H,3-4,13-15H2,1-2H3,(H,24,25). The second-order valence-electron chi connectivity index (χ2n) is 7.48. The van der Waals surface area contributed by atoms with Gasteiger partial charge < -0.3 is 10.1 Å². The number of benzene rings is 2. The van der Waals surface area contributed by atoms with Crippen molar-refractivity contribution in [2.75, 3.05) is 11.9 Å². The molecule has 3 nitrogen and oxygen atoms in total. The quantitative estimate of drug-likeness (QED) is 0.694. The summed E-state index contributed by atoms with van der Waals surface area (Å²) in [5.74, 6) is 1.37. The van der Waals surface area contributed by atoms with Crippen molar-refractivity contribution in [3.63, 3.8) is 0 Å². The number of nitrogens with one attached hydrogen (secondary N) is 1. The molecule has 0 bridgehead atoms. The van der Waals surface area contributed by atoms with Gasteiger partial charge in [0.2, 0.25) is 5.91 Å². The first-order chi connectivity index (χ1) is 12.5. The van der Waals surface area contributed by atoms with Gasteiger partial charge in [0.1, 0.15) is 5.75 Å². The summed E-state index contributed by atoms with van der Waals surface area (Å²) in [6.07, 6.45) is 3.88. The minimum atomic E-state index is -0.461. The Bertz CT molecular complexity index is 732. The number of hydrogen-bond acceptors (Lipinski definition) is 2. The predicted octanol–water partition coefficient (Wildman–Crippen LogP) is 5.83. The second kappa shape index (κ2) is 8.13. The number of hydrogen-bond donors (Lipinski definition) is 1. The first-order valence-electron chi connectivity index (χ1n) is 9.30. The van der Waals surface area contributed by atoms with Crippen LogP contribution in [0.1, 0.15) is 45.1 Å². The molecule has 0 aromatic heterocycles. The SMILES string of the molecule is CC(C)COc1ccc(NC(=O)C2(c3ccc(Cl)cc3)CCCC2)cc1. The maximum atomic E-state index is 13.1. The average molecular weight is 372 g/mol. The Hall–Kier alpha value is -2.00. The van der Waals surface area contributed by atoms with Gasteiger partial charge in [-0.3, -0.25) is 4.79 Å². The molecule has 0 atom stereocenters. The fourth-order valence-electron chi connectivity index (χ4n) is 3.54. The van der Waals surface area contributed by atoms with Gasteiger partial charge in [-0.1, -0.05) is 50.4 Å². The van der Waals surface area contributed by atoms with Crippen LogP contribution < -0.4 is 10.1 Å². The molecule has 26 heavy (non-hydrogen) atoms. The third-order valence-electron chi connectivity index (χ3n) is 4.98. The van der Waals surface area contributed by atoms with Crippen LogP contribution >= 0.6 is 11.6 Å². The van der Waals surface area contributed by atoms with Crippen molar-refractivity contribution in [1.82, 2.24) is 0 Å². The molecule has 2 aromatic rings. The summed E-state index contributed by atoms with van der Waals surface area (Å²) in [6, 6.07) is 15.3. The Labute approximate surface area is 160 Å². The van der Waals surface area contributed by atoms with Gasteiger partial charge in [-0.15, -0.1) is 0 Å². The summed E-state index contributed by atoms with van der Waals surface area (Å²) in [4.78, 5) is 13.1. The number of ether oxygens (including phenoxy) is 1. The summed E-state index contributed by atoms with van der Waals surface area (Å²) >= 11 is 6.02. The van der Waals surface area contributed by atoms with Crippen LogP contribution in [0.5, 0.6) is 5.75 Å². The molecule has 1 aliphatic carbocycles. The summed E-state index contributed by atoms with van der Waals surface area (Å²) in [7, 11) is 0. The van der Waals surface area contributed by atoms with Crippen molar-refractivity contribution in [2.45, 2.75) is 44.9 Å². The lowest BCUT2D eigenvalue weighted by molar-refractivity contribution is -0.121. The van der Waals surface area contributed by atoms with E-state index in [2.05, 4.69) is 19.2 Å². The van der Waals surface area contributed by atoms with Crippen LogP contribution in [0.15, 0.2) is 48.5 Å². The van der Waals surface area contributed by atoms with E-state index >= 15 is 0 Å². The van der Waals surface area contributed by atoms with E-state index in [-0.39, 0.29) is 5.91 Å². The van der Waals surface area contributed by atoms with Gasteiger partial charge in [-0.05, 0) is 60.7 Å². The summed E-state index contributed by atoms with van der Waals surface area (Å²) in [6.45, 7) is 4.92. The monoisotopic (exact) mass is 371 g/mol. The number of anilines is 1. The van der Waals surface area contributed by atoms with Crippen molar-refractivity contribution in [1.29, 1.82) is 0 Å². The Balaban J connectivity index is 1.73. The highest BCUT2D eigenvalue weighted by Gasteiger charge is 2.42. The average Bonchev–Trinajstić information content (AvgIpc) is 3.13. The Morgan fingerprint density at radius 2 is 1.69 bits per heavy atom. The van der Waals surface area contributed by atoms with Gasteiger partial charge >= 0.3 is 0 Å². The molecular formula is C22H26ClNO2. The number of amides is 1. The fourth-order valence-corrected chi connectivity index (χ4v) is 3.67. The van der Waals surface area contributed by atoms with Crippen LogP contribution in [0.2, 0.25) is 5.02 Å². The van der Waals surface area contributed by atoms with E-state index < -0.39 is 5.41 Å². The molecule has 0 aliphatic heterocycles. The lowest BCUT2D eigenvalue weighted by Crippen LogP contribution is -2.37. The van der Waals surface area contributed by atoms with E-state index in [1.165, 1.54) is 0 Å². The zero-order valence-electron chi connectivity index (χ0n) is 15.4. The molecule has 2 aromatic carbocycles. The van der Waals surface area contributed by atoms with Crippen molar-refractivity contribution >= 4 is 23.2 Å². The minimum Gasteiger partial charge on any atom is -0.493 e. The topological polar surface area (TPSA) is 38.3 Å². The number of rotatable bonds is 6. The number of carbonyl (C=O) groups is 1. The minimum absolute atomic E-state index is 0.0631. The van der Waals surface area contributed by atoms with Crippen molar-refractivity contribution in [3.05, 3.63) is 59.1 Å². The first kappa shape index (κ1) is 18.8. The van der Waals surface area contributed by atoms with E-state index in [0.717, 1.165) is 42.7 Å². The third kappa shape index (κ3) is 4.21. The molecule has 0 heterocycles. The molecule has 1 fully saturated rings. The Morgan fingerprint density at radius 3 is 2.27 bits per heavy atom. The van der Waals surface area contributed by atoms with Crippen LogP contribution in [0.25, 0.3) is 0 Å². The predicted molar refractivity (Wildman–Crippen MR) is 107 cm³/mol. The van der Waals surface area contributed by atoms with E-state index in [1.807, 2.05) is 48.5 Å². The molecular weight excluding hydrogens is 346 g/mol. The molecule has 0 radical (unpaired) electrons. The van der Waals surface area contributed by atoms with Crippen molar-refractivity contribution in [2.24, 2.45) is 5.92 Å². The molecule has 4 heteroatoms. The van der Waals surface area contributed by atoms with Gasteiger partial charge in [0.15, 0.2) is 0 Å². The molecule has 138 valence electrons. The maximum Gasteiger partial charge on any atom is 0.235 e. The smallest absolute Gasteiger partial charge is 0.235 e. The molecule has 1 saturated carbocycles. The zero-order valence-corrected chi connectivity index (χ0v) is 16.2. The van der Waals surface area contributed by atoms with Crippen LogP contribution in [0, 0.1) is 5.92 Å². The molecule has 1 N–H and O–H groups in total. The Morgan fingerprint density at radius 1 is 1.08 bits per heavy atom. The highest BCUT2D eigenvalue weighted by atomic mass is 35.5. The van der Waals surface area contributed by atoms with Gasteiger partial charge in [0.05, 0.1) is 12.0 Å². The van der Waals surface area contributed by atoms with Gasteiger partial charge in [-0.25, -0.2) is 0 Å².